The number of carbonyl (C=O) groups is 2. The van der Waals surface area contributed by atoms with Crippen molar-refractivity contribution < 1.29 is 27.9 Å². The highest BCUT2D eigenvalue weighted by Gasteiger charge is 2.38. The van der Waals surface area contributed by atoms with Crippen LogP contribution in [0.25, 0.3) is 10.4 Å². The highest BCUT2D eigenvalue weighted by Crippen LogP contribution is 2.37. The monoisotopic (exact) mass is 571 g/mol. The molecule has 1 fully saturated rings. The van der Waals surface area contributed by atoms with Gasteiger partial charge in [-0.2, -0.15) is 13.2 Å². The number of halogens is 3. The number of carbonyl (C=O) groups excluding carboxylic acids is 1. The molecule has 1 amide bonds. The lowest BCUT2D eigenvalue weighted by molar-refractivity contribution is -0.192. The minimum atomic E-state index is -5.08. The van der Waals surface area contributed by atoms with Crippen molar-refractivity contribution in [3.8, 4) is 0 Å². The first-order chi connectivity index (χ1) is 19.5. The molecule has 1 aliphatic carbocycles. The number of rotatable bonds is 6. The Balaban J connectivity index is 0.000000493. The van der Waals surface area contributed by atoms with Gasteiger partial charge in [-0.05, 0) is 74.4 Å². The van der Waals surface area contributed by atoms with Crippen LogP contribution in [0.2, 0.25) is 0 Å². The molecule has 0 unspecified atom stereocenters. The largest absolute Gasteiger partial charge is 0.490 e. The number of carboxylic acid groups (broad SMARTS) is 1. The smallest absolute Gasteiger partial charge is 0.475 e. The molecule has 1 saturated heterocycles. The Hall–Kier alpha value is -4.18. The summed E-state index contributed by atoms with van der Waals surface area (Å²) >= 11 is 0. The van der Waals surface area contributed by atoms with Gasteiger partial charge in [0.25, 0.3) is 5.82 Å². The van der Waals surface area contributed by atoms with Gasteiger partial charge in [0.05, 0.1) is 19.3 Å². The first-order valence-electron chi connectivity index (χ1n) is 13.4. The molecule has 1 aromatic carbocycles. The molecule has 2 aliphatic heterocycles. The Morgan fingerprint density at radius 3 is 2.54 bits per heavy atom. The number of allylic oxidation sites excluding steroid dienone is 2. The number of alkyl halides is 3. The van der Waals surface area contributed by atoms with Crippen molar-refractivity contribution in [2.45, 2.75) is 44.2 Å². The van der Waals surface area contributed by atoms with E-state index in [1.165, 1.54) is 23.2 Å². The van der Waals surface area contributed by atoms with E-state index < -0.39 is 12.1 Å². The third kappa shape index (κ3) is 7.73. The van der Waals surface area contributed by atoms with Crippen LogP contribution < -0.4 is 5.32 Å². The lowest BCUT2D eigenvalue weighted by Crippen LogP contribution is -2.40. The first kappa shape index (κ1) is 29.8. The van der Waals surface area contributed by atoms with E-state index >= 15 is 0 Å². The number of piperidine rings is 1. The number of imidazole rings is 1. The fourth-order valence-corrected chi connectivity index (χ4v) is 5.15. The van der Waals surface area contributed by atoms with Crippen LogP contribution in [0.3, 0.4) is 0 Å². The third-order valence-electron chi connectivity index (χ3n) is 7.41. The molecule has 5 rings (SSSR count). The maximum absolute atomic E-state index is 12.8. The van der Waals surface area contributed by atoms with Crippen molar-refractivity contribution in [3.05, 3.63) is 58.8 Å². The second-order valence-electron chi connectivity index (χ2n) is 10.2. The molecular weight excluding hydrogens is 539 g/mol. The van der Waals surface area contributed by atoms with Gasteiger partial charge in [0.1, 0.15) is 5.84 Å². The number of nitrogens with one attached hydrogen (secondary N) is 2. The van der Waals surface area contributed by atoms with E-state index in [0.29, 0.717) is 5.92 Å². The molecule has 3 N–H and O–H groups in total. The number of anilines is 1. The molecule has 218 valence electrons. The molecule has 1 aromatic heterocycles. The first-order valence-corrected chi connectivity index (χ1v) is 13.4. The summed E-state index contributed by atoms with van der Waals surface area (Å²) in [5.74, 6) is -0.919. The van der Waals surface area contributed by atoms with E-state index in [1.807, 2.05) is 6.07 Å². The minimum Gasteiger partial charge on any atom is -0.475 e. The number of nitrogens with zero attached hydrogens (tertiary/aromatic N) is 5. The second-order valence-corrected chi connectivity index (χ2v) is 10.2. The summed E-state index contributed by atoms with van der Waals surface area (Å²) in [5, 5.41) is 10.1. The third-order valence-corrected chi connectivity index (χ3v) is 7.41. The predicted molar refractivity (Wildman–Crippen MR) is 148 cm³/mol. The van der Waals surface area contributed by atoms with Gasteiger partial charge in [-0.15, -0.1) is 0 Å². The molecular formula is C28H32F3N7O3. The molecule has 0 bridgehead atoms. The number of H-pyrrole nitrogens is 1. The van der Waals surface area contributed by atoms with Crippen LogP contribution in [-0.4, -0.2) is 88.5 Å². The number of amides is 1. The van der Waals surface area contributed by atoms with Crippen LogP contribution in [0.4, 0.5) is 24.7 Å². The van der Waals surface area contributed by atoms with Crippen molar-refractivity contribution in [2.24, 2.45) is 4.99 Å². The number of aliphatic carboxylic acids is 1. The molecule has 0 saturated carbocycles. The van der Waals surface area contributed by atoms with Gasteiger partial charge in [0, 0.05) is 24.8 Å². The number of hydrogen-bond donors (Lipinski definition) is 3. The quantitative estimate of drug-likeness (QED) is 0.423. The SMILES string of the molecule is O=C(O)C(F)(F)F.[C-]#[N+]c1cnc(C(=O)Nc2ccc(C3CCN(CC4=NCCN4C)CC3)cc2C2=CCCC2)[nH]1. The number of carboxylic acids is 1. The van der Waals surface area contributed by atoms with Crippen LogP contribution >= 0.6 is 0 Å². The topological polar surface area (TPSA) is 118 Å². The van der Waals surface area contributed by atoms with Crippen LogP contribution in [0.5, 0.6) is 0 Å². The van der Waals surface area contributed by atoms with Crippen molar-refractivity contribution in [1.82, 2.24) is 19.8 Å². The number of hydrogen-bond acceptors (Lipinski definition) is 6. The van der Waals surface area contributed by atoms with E-state index in [9.17, 15) is 18.0 Å². The molecule has 3 heterocycles. The fraction of sp³-hybridized carbons (Fsp3) is 0.464. The van der Waals surface area contributed by atoms with E-state index in [4.69, 9.17) is 16.5 Å². The standard InChI is InChI=1S/C26H31N7O.C2HF3O2/c1-27-23-16-29-25(31-23)26(34)30-22-8-7-20(15-21(22)19-5-3-4-6-19)18-9-12-33(13-10-18)17-24-28-11-14-32(24)2;3-2(4,5)1(6)7/h5,7-8,15-16,18H,3-4,6,9-14,17H2,2H3,(H,29,31)(H,30,34);(H,6,7). The zero-order chi connectivity index (χ0) is 29.6. The van der Waals surface area contributed by atoms with Gasteiger partial charge in [0.15, 0.2) is 0 Å². The lowest BCUT2D eigenvalue weighted by Gasteiger charge is -2.33. The number of aromatic nitrogens is 2. The highest BCUT2D eigenvalue weighted by atomic mass is 19.4. The zero-order valence-electron chi connectivity index (χ0n) is 22.7. The van der Waals surface area contributed by atoms with Crippen LogP contribution in [0.15, 0.2) is 35.5 Å². The van der Waals surface area contributed by atoms with Gasteiger partial charge in [-0.1, -0.05) is 18.7 Å². The van der Waals surface area contributed by atoms with Crippen LogP contribution in [-0.2, 0) is 4.79 Å². The van der Waals surface area contributed by atoms with Gasteiger partial charge >= 0.3 is 18.1 Å². The van der Waals surface area contributed by atoms with E-state index in [2.05, 4.69) is 60.2 Å². The molecule has 0 atom stereocenters. The Morgan fingerprint density at radius 1 is 1.24 bits per heavy atom. The maximum atomic E-state index is 12.8. The second kappa shape index (κ2) is 13.0. The molecule has 0 radical (unpaired) electrons. The molecule has 3 aliphatic rings. The number of benzene rings is 1. The Morgan fingerprint density at radius 2 is 1.98 bits per heavy atom. The average molecular weight is 572 g/mol. The Kier molecular flexibility index (Phi) is 9.44. The number of likely N-dealkylation sites (N-methyl/N-ethyl adjacent to an activating group) is 1. The molecule has 2 aromatic rings. The van der Waals surface area contributed by atoms with Crippen LogP contribution in [0, 0.1) is 6.57 Å². The van der Waals surface area contributed by atoms with Crippen molar-refractivity contribution in [3.63, 3.8) is 0 Å². The minimum absolute atomic E-state index is 0.159. The number of aliphatic imine (C=N–C) groups is 1. The summed E-state index contributed by atoms with van der Waals surface area (Å²) in [6.07, 6.45) is 4.12. The number of aromatic amines is 1. The Labute approximate surface area is 235 Å². The summed E-state index contributed by atoms with van der Waals surface area (Å²) in [7, 11) is 2.13. The number of amidine groups is 1. The van der Waals surface area contributed by atoms with Crippen LogP contribution in [0.1, 0.15) is 59.8 Å². The molecule has 10 nitrogen and oxygen atoms in total. The summed E-state index contributed by atoms with van der Waals surface area (Å²) in [6, 6.07) is 6.49. The molecule has 0 spiro atoms. The summed E-state index contributed by atoms with van der Waals surface area (Å²) in [6.45, 7) is 12.1. The van der Waals surface area contributed by atoms with Gasteiger partial charge in [0.2, 0.25) is 5.82 Å². The molecule has 41 heavy (non-hydrogen) atoms. The van der Waals surface area contributed by atoms with Gasteiger partial charge < -0.3 is 20.2 Å². The normalized spacial score (nSPS) is 17.8. The zero-order valence-corrected chi connectivity index (χ0v) is 22.7. The van der Waals surface area contributed by atoms with Gasteiger partial charge in [-0.3, -0.25) is 19.7 Å². The molecule has 13 heteroatoms. The fourth-order valence-electron chi connectivity index (χ4n) is 5.15. The van der Waals surface area contributed by atoms with E-state index in [0.717, 1.165) is 76.1 Å². The maximum Gasteiger partial charge on any atom is 0.490 e. The summed E-state index contributed by atoms with van der Waals surface area (Å²) in [4.78, 5) is 41.2. The lowest BCUT2D eigenvalue weighted by atomic mass is 9.87. The predicted octanol–water partition coefficient (Wildman–Crippen LogP) is 4.94. The highest BCUT2D eigenvalue weighted by molar-refractivity contribution is 6.03. The van der Waals surface area contributed by atoms with Crippen molar-refractivity contribution >= 4 is 34.8 Å². The summed E-state index contributed by atoms with van der Waals surface area (Å²) in [5.41, 5.74) is 4.58. The van der Waals surface area contributed by atoms with Gasteiger partial charge in [-0.25, -0.2) is 9.78 Å². The van der Waals surface area contributed by atoms with E-state index in [1.54, 1.807) is 0 Å². The van der Waals surface area contributed by atoms with E-state index in [-0.39, 0.29) is 17.5 Å². The van der Waals surface area contributed by atoms with Crippen molar-refractivity contribution in [2.75, 3.05) is 45.1 Å². The van der Waals surface area contributed by atoms with Crippen molar-refractivity contribution in [1.29, 1.82) is 0 Å². The average Bonchev–Trinajstić information content (AvgIpc) is 3.72. The number of likely N-dealkylation sites (tertiary alicyclic amines) is 1. The summed E-state index contributed by atoms with van der Waals surface area (Å²) < 4.78 is 31.7. The Bertz CT molecular complexity index is 1370.